The molecule has 1 N–H and O–H groups in total. The number of anilines is 2. The van der Waals surface area contributed by atoms with Crippen molar-refractivity contribution in [2.75, 3.05) is 16.8 Å². The molecular formula is C19H21N3OS. The Morgan fingerprint density at radius 3 is 2.38 bits per heavy atom. The molecule has 4 nitrogen and oxygen atoms in total. The molecule has 3 rings (SSSR count). The average molecular weight is 339 g/mol. The maximum absolute atomic E-state index is 12.9. The number of benzene rings is 2. The predicted octanol–water partition coefficient (Wildman–Crippen LogP) is 4.91. The van der Waals surface area contributed by atoms with Gasteiger partial charge in [-0.3, -0.25) is 4.99 Å². The van der Waals surface area contributed by atoms with Crippen molar-refractivity contribution in [1.29, 1.82) is 0 Å². The van der Waals surface area contributed by atoms with Crippen molar-refractivity contribution in [3.05, 3.63) is 60.2 Å². The zero-order valence-corrected chi connectivity index (χ0v) is 14.9. The maximum Gasteiger partial charge on any atom is 0.332 e. The van der Waals surface area contributed by atoms with Crippen molar-refractivity contribution >= 4 is 34.3 Å². The third-order valence-electron chi connectivity index (χ3n) is 3.67. The second-order valence-electron chi connectivity index (χ2n) is 6.43. The molecule has 2 amide bonds. The van der Waals surface area contributed by atoms with Crippen LogP contribution in [0.15, 0.2) is 59.6 Å². The zero-order chi connectivity index (χ0) is 17.2. The predicted molar refractivity (Wildman–Crippen MR) is 103 cm³/mol. The van der Waals surface area contributed by atoms with E-state index in [0.29, 0.717) is 6.54 Å². The Labute approximate surface area is 147 Å². The summed E-state index contributed by atoms with van der Waals surface area (Å²) in [7, 11) is 0. The Morgan fingerprint density at radius 1 is 1.12 bits per heavy atom. The number of para-hydroxylation sites is 1. The number of amides is 2. The van der Waals surface area contributed by atoms with Crippen LogP contribution in [0.4, 0.5) is 16.2 Å². The van der Waals surface area contributed by atoms with E-state index in [4.69, 9.17) is 0 Å². The number of carbonyl (C=O) groups excluding carboxylic acids is 1. The normalized spacial score (nSPS) is 15.7. The molecule has 0 unspecified atom stereocenters. The van der Waals surface area contributed by atoms with Crippen LogP contribution in [0.1, 0.15) is 19.4 Å². The van der Waals surface area contributed by atoms with E-state index in [9.17, 15) is 4.79 Å². The summed E-state index contributed by atoms with van der Waals surface area (Å²) in [4.78, 5) is 19.2. The summed E-state index contributed by atoms with van der Waals surface area (Å²) in [6, 6.07) is 17.2. The molecule has 5 heteroatoms. The molecule has 0 aliphatic carbocycles. The van der Waals surface area contributed by atoms with E-state index in [2.05, 4.69) is 24.2 Å². The monoisotopic (exact) mass is 339 g/mol. The van der Waals surface area contributed by atoms with Gasteiger partial charge < -0.3 is 5.32 Å². The van der Waals surface area contributed by atoms with Crippen molar-refractivity contribution in [3.8, 4) is 0 Å². The summed E-state index contributed by atoms with van der Waals surface area (Å²) >= 11 is 1.63. The lowest BCUT2D eigenvalue weighted by molar-refractivity contribution is 0.259. The van der Waals surface area contributed by atoms with Crippen molar-refractivity contribution in [1.82, 2.24) is 0 Å². The van der Waals surface area contributed by atoms with Gasteiger partial charge in [0, 0.05) is 10.4 Å². The summed E-state index contributed by atoms with van der Waals surface area (Å²) in [5.74, 6) is 0. The Balaban J connectivity index is 1.87. The van der Waals surface area contributed by atoms with Gasteiger partial charge in [0.25, 0.3) is 0 Å². The van der Waals surface area contributed by atoms with Gasteiger partial charge in [0.1, 0.15) is 0 Å². The number of amidine groups is 1. The van der Waals surface area contributed by atoms with Gasteiger partial charge in [-0.2, -0.15) is 0 Å². The molecule has 0 radical (unpaired) electrons. The Bertz CT molecular complexity index is 754. The minimum Gasteiger partial charge on any atom is -0.307 e. The molecule has 0 bridgehead atoms. The number of nitrogens with zero attached hydrogens (tertiary/aromatic N) is 2. The molecule has 1 aliphatic heterocycles. The molecule has 0 spiro atoms. The fourth-order valence-electron chi connectivity index (χ4n) is 2.39. The smallest absolute Gasteiger partial charge is 0.307 e. The standard InChI is InChI=1S/C19H21N3OS/c1-14-9-11-15(12-10-14)21-17(23)22(16-7-5-4-6-8-16)18-20-13-19(2,3)24-18/h4-12H,13H2,1-3H3,(H,21,23). The van der Waals surface area contributed by atoms with Gasteiger partial charge in [-0.25, -0.2) is 9.69 Å². The van der Waals surface area contributed by atoms with Crippen molar-refractivity contribution in [2.24, 2.45) is 4.99 Å². The molecule has 24 heavy (non-hydrogen) atoms. The first-order valence-electron chi connectivity index (χ1n) is 7.91. The van der Waals surface area contributed by atoms with Crippen LogP contribution in [0, 0.1) is 6.92 Å². The number of nitrogens with one attached hydrogen (secondary N) is 1. The largest absolute Gasteiger partial charge is 0.332 e. The number of hydrogen-bond acceptors (Lipinski definition) is 3. The highest BCUT2D eigenvalue weighted by Gasteiger charge is 2.33. The number of rotatable bonds is 2. The second-order valence-corrected chi connectivity index (χ2v) is 8.10. The van der Waals surface area contributed by atoms with Gasteiger partial charge in [-0.15, -0.1) is 0 Å². The molecule has 124 valence electrons. The first-order chi connectivity index (χ1) is 11.4. The molecule has 0 fully saturated rings. The summed E-state index contributed by atoms with van der Waals surface area (Å²) in [5.41, 5.74) is 2.74. The number of aliphatic imine (C=N–C) groups is 1. The quantitative estimate of drug-likeness (QED) is 0.844. The summed E-state index contributed by atoms with van der Waals surface area (Å²) in [5, 5.41) is 3.70. The lowest BCUT2D eigenvalue weighted by Crippen LogP contribution is -2.38. The fourth-order valence-corrected chi connectivity index (χ4v) is 3.43. The van der Waals surface area contributed by atoms with E-state index in [1.807, 2.05) is 61.5 Å². The molecule has 0 atom stereocenters. The first-order valence-corrected chi connectivity index (χ1v) is 8.73. The minimum absolute atomic E-state index is 0.00645. The highest BCUT2D eigenvalue weighted by molar-refractivity contribution is 8.15. The maximum atomic E-state index is 12.9. The molecule has 2 aromatic rings. The molecule has 0 saturated heterocycles. The van der Waals surface area contributed by atoms with Gasteiger partial charge >= 0.3 is 6.03 Å². The van der Waals surface area contributed by atoms with Crippen LogP contribution in [0.3, 0.4) is 0 Å². The molecule has 1 aliphatic rings. The zero-order valence-electron chi connectivity index (χ0n) is 14.1. The van der Waals surface area contributed by atoms with Crippen LogP contribution >= 0.6 is 11.8 Å². The third-order valence-corrected chi connectivity index (χ3v) is 4.85. The lowest BCUT2D eigenvalue weighted by Gasteiger charge is -2.24. The summed E-state index contributed by atoms with van der Waals surface area (Å²) in [6.45, 7) is 6.99. The topological polar surface area (TPSA) is 44.7 Å². The van der Waals surface area contributed by atoms with Crippen LogP contribution in [-0.4, -0.2) is 22.5 Å². The Hall–Kier alpha value is -2.27. The van der Waals surface area contributed by atoms with Gasteiger partial charge in [-0.05, 0) is 45.0 Å². The summed E-state index contributed by atoms with van der Waals surface area (Å²) < 4.78 is 0.00645. The number of carbonyl (C=O) groups is 1. The van der Waals surface area contributed by atoms with Crippen molar-refractivity contribution in [3.63, 3.8) is 0 Å². The van der Waals surface area contributed by atoms with Crippen LogP contribution in [0.25, 0.3) is 0 Å². The first kappa shape index (κ1) is 16.6. The van der Waals surface area contributed by atoms with Crippen molar-refractivity contribution in [2.45, 2.75) is 25.5 Å². The van der Waals surface area contributed by atoms with Gasteiger partial charge in [-0.1, -0.05) is 47.7 Å². The van der Waals surface area contributed by atoms with Crippen molar-refractivity contribution < 1.29 is 4.79 Å². The second kappa shape index (κ2) is 6.69. The van der Waals surface area contributed by atoms with Crippen LogP contribution in [-0.2, 0) is 0 Å². The lowest BCUT2D eigenvalue weighted by atomic mass is 10.2. The average Bonchev–Trinajstić information content (AvgIpc) is 2.90. The van der Waals surface area contributed by atoms with E-state index in [1.165, 1.54) is 0 Å². The van der Waals surface area contributed by atoms with Gasteiger partial charge in [0.2, 0.25) is 0 Å². The highest BCUT2D eigenvalue weighted by Crippen LogP contribution is 2.35. The SMILES string of the molecule is Cc1ccc(NC(=O)N(C2=NCC(C)(C)S2)c2ccccc2)cc1. The molecule has 1 heterocycles. The number of aryl methyl sites for hydroxylation is 1. The Kier molecular flexibility index (Phi) is 4.62. The number of urea groups is 1. The minimum atomic E-state index is -0.200. The van der Waals surface area contributed by atoms with Gasteiger partial charge in [0.05, 0.1) is 12.2 Å². The summed E-state index contributed by atoms with van der Waals surface area (Å²) in [6.07, 6.45) is 0. The highest BCUT2D eigenvalue weighted by atomic mass is 32.2. The number of thioether (sulfide) groups is 1. The van der Waals surface area contributed by atoms with Crippen LogP contribution in [0.2, 0.25) is 0 Å². The van der Waals surface area contributed by atoms with Crippen LogP contribution in [0.5, 0.6) is 0 Å². The fraction of sp³-hybridized carbons (Fsp3) is 0.263. The van der Waals surface area contributed by atoms with E-state index in [0.717, 1.165) is 22.1 Å². The van der Waals surface area contributed by atoms with Crippen LogP contribution < -0.4 is 10.2 Å². The number of hydrogen-bond donors (Lipinski definition) is 1. The van der Waals surface area contributed by atoms with E-state index in [-0.39, 0.29) is 10.8 Å². The van der Waals surface area contributed by atoms with Gasteiger partial charge in [0.15, 0.2) is 5.17 Å². The molecular weight excluding hydrogens is 318 g/mol. The third kappa shape index (κ3) is 3.79. The molecule has 2 aromatic carbocycles. The Morgan fingerprint density at radius 2 is 1.79 bits per heavy atom. The van der Waals surface area contributed by atoms with E-state index >= 15 is 0 Å². The molecule has 0 aromatic heterocycles. The van der Waals surface area contributed by atoms with E-state index in [1.54, 1.807) is 16.7 Å². The molecule has 0 saturated carbocycles. The van der Waals surface area contributed by atoms with E-state index < -0.39 is 0 Å².